The summed E-state index contributed by atoms with van der Waals surface area (Å²) in [6, 6.07) is 7.84. The number of carbonyl (C=O) groups is 2. The molecule has 10 heteroatoms. The molecule has 2 atom stereocenters. The van der Waals surface area contributed by atoms with Gasteiger partial charge in [-0.25, -0.2) is 9.29 Å². The molecule has 0 N–H and O–H groups in total. The fraction of sp³-hybridized carbons (Fsp3) is 0.211. The topological polar surface area (TPSA) is 111 Å². The number of benzene rings is 2. The summed E-state index contributed by atoms with van der Waals surface area (Å²) in [7, 11) is 1.26. The van der Waals surface area contributed by atoms with Crippen LogP contribution in [-0.2, 0) is 14.4 Å². The van der Waals surface area contributed by atoms with Crippen molar-refractivity contribution in [2.45, 2.75) is 13.0 Å². The summed E-state index contributed by atoms with van der Waals surface area (Å²) in [4.78, 5) is 42.7. The second-order valence-corrected chi connectivity index (χ2v) is 6.57. The lowest BCUT2D eigenvalue weighted by molar-refractivity contribution is -0.385. The van der Waals surface area contributed by atoms with Crippen LogP contribution in [0.15, 0.2) is 41.6 Å². The van der Waals surface area contributed by atoms with Gasteiger partial charge in [0.25, 0.3) is 5.91 Å². The molecule has 29 heavy (non-hydrogen) atoms. The smallest absolute Gasteiger partial charge is 0.311 e. The summed E-state index contributed by atoms with van der Waals surface area (Å²) in [5.74, 6) is -2.75. The molecule has 0 radical (unpaired) electrons. The van der Waals surface area contributed by atoms with E-state index in [1.165, 1.54) is 43.5 Å². The Kier molecular flexibility index (Phi) is 4.26. The number of carbonyl (C=O) groups excluding carboxylic acids is 2. The fourth-order valence-corrected chi connectivity index (χ4v) is 3.48. The van der Waals surface area contributed by atoms with E-state index in [0.29, 0.717) is 11.1 Å². The lowest BCUT2D eigenvalue weighted by Gasteiger charge is -2.18. The number of nitro benzene ring substituents is 1. The number of rotatable bonds is 4. The van der Waals surface area contributed by atoms with Crippen LogP contribution in [0.25, 0.3) is 0 Å². The number of methoxy groups -OCH3 is 1. The van der Waals surface area contributed by atoms with Gasteiger partial charge in [0, 0.05) is 17.7 Å². The van der Waals surface area contributed by atoms with Gasteiger partial charge in [0.15, 0.2) is 5.75 Å². The Bertz CT molecular complexity index is 1080. The maximum Gasteiger partial charge on any atom is 0.311 e. The molecule has 0 aliphatic carbocycles. The van der Waals surface area contributed by atoms with E-state index in [9.17, 15) is 24.1 Å². The molecule has 2 aromatic rings. The number of nitro groups is 1. The van der Waals surface area contributed by atoms with E-state index >= 15 is 0 Å². The first kappa shape index (κ1) is 18.5. The molecule has 9 nitrogen and oxygen atoms in total. The predicted molar refractivity (Wildman–Crippen MR) is 98.2 cm³/mol. The molecule has 1 saturated heterocycles. The van der Waals surface area contributed by atoms with Gasteiger partial charge in [0.05, 0.1) is 17.7 Å². The van der Waals surface area contributed by atoms with Gasteiger partial charge in [-0.15, -0.1) is 0 Å². The van der Waals surface area contributed by atoms with Crippen LogP contribution >= 0.6 is 0 Å². The van der Waals surface area contributed by atoms with E-state index < -0.39 is 34.6 Å². The highest BCUT2D eigenvalue weighted by atomic mass is 19.1. The number of imide groups is 1. The number of hydrogen-bond acceptors (Lipinski definition) is 7. The van der Waals surface area contributed by atoms with Crippen molar-refractivity contribution in [2.75, 3.05) is 12.0 Å². The maximum absolute atomic E-state index is 13.2. The largest absolute Gasteiger partial charge is 0.490 e. The van der Waals surface area contributed by atoms with E-state index in [1.54, 1.807) is 6.92 Å². The molecule has 2 aliphatic rings. The number of nitrogens with zero attached hydrogens (tertiary/aromatic N) is 3. The number of halogens is 1. The monoisotopic (exact) mass is 399 g/mol. The highest BCUT2D eigenvalue weighted by Crippen LogP contribution is 2.40. The number of aryl methyl sites for hydroxylation is 1. The Balaban J connectivity index is 1.74. The van der Waals surface area contributed by atoms with E-state index in [0.717, 1.165) is 4.90 Å². The molecule has 0 spiro atoms. The molecule has 2 aromatic carbocycles. The number of anilines is 1. The van der Waals surface area contributed by atoms with Crippen LogP contribution in [0, 0.1) is 28.8 Å². The number of hydrogen-bond donors (Lipinski definition) is 0. The first-order valence-electron chi connectivity index (χ1n) is 8.54. The molecule has 0 unspecified atom stereocenters. The SMILES string of the molecule is COc1cc(N2C(=O)[C@H]3C(c4ccc(F)cc4)=NO[C@@H]3C2=O)c(C)cc1[N+](=O)[O-]. The number of ether oxygens (including phenoxy) is 1. The summed E-state index contributed by atoms with van der Waals surface area (Å²) in [5, 5.41) is 15.0. The Hall–Kier alpha value is -3.82. The predicted octanol–water partition coefficient (Wildman–Crippen LogP) is 2.34. The van der Waals surface area contributed by atoms with Crippen molar-refractivity contribution in [1.82, 2.24) is 0 Å². The summed E-state index contributed by atoms with van der Waals surface area (Å²) in [6.45, 7) is 1.55. The van der Waals surface area contributed by atoms with Crippen molar-refractivity contribution in [1.29, 1.82) is 0 Å². The summed E-state index contributed by atoms with van der Waals surface area (Å²) < 4.78 is 18.3. The van der Waals surface area contributed by atoms with Crippen molar-refractivity contribution in [3.8, 4) is 5.75 Å². The van der Waals surface area contributed by atoms with Gasteiger partial charge < -0.3 is 9.57 Å². The first-order valence-corrected chi connectivity index (χ1v) is 8.54. The van der Waals surface area contributed by atoms with Crippen molar-refractivity contribution < 1.29 is 28.5 Å². The van der Waals surface area contributed by atoms with Gasteiger partial charge in [-0.05, 0) is 24.6 Å². The van der Waals surface area contributed by atoms with E-state index in [4.69, 9.17) is 9.57 Å². The highest BCUT2D eigenvalue weighted by molar-refractivity contribution is 6.32. The maximum atomic E-state index is 13.2. The minimum Gasteiger partial charge on any atom is -0.490 e. The zero-order valence-corrected chi connectivity index (χ0v) is 15.3. The number of amides is 2. The summed E-state index contributed by atoms with van der Waals surface area (Å²) in [5.41, 5.74) is 0.915. The van der Waals surface area contributed by atoms with E-state index in [-0.39, 0.29) is 22.8 Å². The van der Waals surface area contributed by atoms with Crippen LogP contribution in [0.5, 0.6) is 5.75 Å². The van der Waals surface area contributed by atoms with Crippen LogP contribution in [0.3, 0.4) is 0 Å². The van der Waals surface area contributed by atoms with Gasteiger partial charge in [-0.3, -0.25) is 19.7 Å². The highest BCUT2D eigenvalue weighted by Gasteiger charge is 2.56. The zero-order valence-electron chi connectivity index (χ0n) is 15.3. The molecular formula is C19H14FN3O6. The molecule has 0 aromatic heterocycles. The van der Waals surface area contributed by atoms with E-state index in [2.05, 4.69) is 5.16 Å². The van der Waals surface area contributed by atoms with Crippen LogP contribution in [0.2, 0.25) is 0 Å². The summed E-state index contributed by atoms with van der Waals surface area (Å²) >= 11 is 0. The van der Waals surface area contributed by atoms with Crippen LogP contribution in [0.1, 0.15) is 11.1 Å². The van der Waals surface area contributed by atoms with Gasteiger partial charge in [0.1, 0.15) is 17.4 Å². The Morgan fingerprint density at radius 1 is 1.21 bits per heavy atom. The van der Waals surface area contributed by atoms with E-state index in [1.807, 2.05) is 0 Å². The second kappa shape index (κ2) is 6.66. The Labute approximate surface area is 163 Å². The molecule has 4 rings (SSSR count). The quantitative estimate of drug-likeness (QED) is 0.443. The van der Waals surface area contributed by atoms with Crippen molar-refractivity contribution in [3.05, 3.63) is 63.5 Å². The van der Waals surface area contributed by atoms with Crippen LogP contribution in [-0.4, -0.2) is 35.7 Å². The van der Waals surface area contributed by atoms with Crippen molar-refractivity contribution in [3.63, 3.8) is 0 Å². The molecule has 1 fully saturated rings. The molecule has 0 bridgehead atoms. The molecule has 2 amide bonds. The lowest BCUT2D eigenvalue weighted by Crippen LogP contribution is -2.33. The molecule has 0 saturated carbocycles. The average molecular weight is 399 g/mol. The molecule has 2 aliphatic heterocycles. The van der Waals surface area contributed by atoms with Crippen molar-refractivity contribution in [2.24, 2.45) is 11.1 Å². The molecular weight excluding hydrogens is 385 g/mol. The lowest BCUT2D eigenvalue weighted by atomic mass is 9.94. The second-order valence-electron chi connectivity index (χ2n) is 6.57. The van der Waals surface area contributed by atoms with Crippen LogP contribution < -0.4 is 9.64 Å². The minimum absolute atomic E-state index is 0.0818. The third kappa shape index (κ3) is 2.80. The van der Waals surface area contributed by atoms with Crippen molar-refractivity contribution >= 4 is 28.9 Å². The Morgan fingerprint density at radius 2 is 1.90 bits per heavy atom. The molecule has 148 valence electrons. The third-order valence-corrected chi connectivity index (χ3v) is 4.89. The number of oxime groups is 1. The zero-order chi connectivity index (χ0) is 20.9. The summed E-state index contributed by atoms with van der Waals surface area (Å²) in [6.07, 6.45) is -1.15. The fourth-order valence-electron chi connectivity index (χ4n) is 3.48. The average Bonchev–Trinajstić information content (AvgIpc) is 3.23. The number of fused-ring (bicyclic) bond motifs is 1. The van der Waals surface area contributed by atoms with Gasteiger partial charge >= 0.3 is 5.69 Å². The third-order valence-electron chi connectivity index (χ3n) is 4.89. The van der Waals surface area contributed by atoms with Gasteiger partial charge in [-0.1, -0.05) is 17.3 Å². The normalized spacial score (nSPS) is 20.4. The first-order chi connectivity index (χ1) is 13.8. The minimum atomic E-state index is -1.15. The van der Waals surface area contributed by atoms with Gasteiger partial charge in [-0.2, -0.15) is 0 Å². The standard InChI is InChI=1S/C19H14FN3O6/c1-9-7-13(23(26)27)14(28-2)8-12(9)22-18(24)15-16(21-29-17(15)19(22)25)10-3-5-11(20)6-4-10/h3-8,15,17H,1-2H3/t15-,17-/m0/s1. The molecule has 2 heterocycles. The Morgan fingerprint density at radius 3 is 2.52 bits per heavy atom. The van der Waals surface area contributed by atoms with Gasteiger partial charge in [0.2, 0.25) is 12.0 Å². The van der Waals surface area contributed by atoms with Crippen LogP contribution in [0.4, 0.5) is 15.8 Å².